The third kappa shape index (κ3) is 2.79. The van der Waals surface area contributed by atoms with Gasteiger partial charge in [0, 0.05) is 6.07 Å². The van der Waals surface area contributed by atoms with Crippen molar-refractivity contribution in [3.8, 4) is 0 Å². The highest BCUT2D eigenvalue weighted by Crippen LogP contribution is 2.14. The van der Waals surface area contributed by atoms with Gasteiger partial charge in [0.2, 0.25) is 0 Å². The minimum atomic E-state index is -0.676. The number of nitrogens with one attached hydrogen (secondary N) is 1. The van der Waals surface area contributed by atoms with Crippen LogP contribution in [-0.2, 0) is 0 Å². The number of rotatable bonds is 2. The van der Waals surface area contributed by atoms with Gasteiger partial charge in [-0.2, -0.15) is 0 Å². The van der Waals surface area contributed by atoms with Gasteiger partial charge in [0.25, 0.3) is 0 Å². The van der Waals surface area contributed by atoms with Gasteiger partial charge in [0.1, 0.15) is 11.6 Å². The fourth-order valence-electron chi connectivity index (χ4n) is 0.725. The molecule has 0 radical (unpaired) electrons. The fourth-order valence-corrected chi connectivity index (χ4v) is 1.11. The molecule has 6 nitrogen and oxygen atoms in total. The molecule has 0 aliphatic carbocycles. The second kappa shape index (κ2) is 3.94. The lowest BCUT2D eigenvalue weighted by Crippen LogP contribution is -2.20. The minimum absolute atomic E-state index is 0.295. The number of hydrogen-bond acceptors (Lipinski definition) is 5. The number of aromatic nitrogens is 2. The number of nitrogens with zero attached hydrogens (tertiary/aromatic N) is 2. The zero-order valence-corrected chi connectivity index (χ0v) is 7.76. The summed E-state index contributed by atoms with van der Waals surface area (Å²) in [5.74, 6) is 0.604. The Labute approximate surface area is 79.1 Å². The van der Waals surface area contributed by atoms with Gasteiger partial charge in [-0.05, 0) is 6.26 Å². The fraction of sp³-hybridized carbons (Fsp3) is 0.167. The van der Waals surface area contributed by atoms with Gasteiger partial charge in [-0.1, -0.05) is 11.8 Å². The highest BCUT2D eigenvalue weighted by molar-refractivity contribution is 7.98. The first-order valence-electron chi connectivity index (χ1n) is 3.37. The largest absolute Gasteiger partial charge is 0.383 e. The lowest BCUT2D eigenvalue weighted by atomic mass is 10.5. The van der Waals surface area contributed by atoms with E-state index >= 15 is 0 Å². The van der Waals surface area contributed by atoms with Crippen LogP contribution in [-0.4, -0.2) is 22.3 Å². The molecule has 0 aromatic carbocycles. The quantitative estimate of drug-likeness (QED) is 0.468. The van der Waals surface area contributed by atoms with Crippen molar-refractivity contribution < 1.29 is 4.79 Å². The molecular formula is C6H9N5OS. The molecule has 0 spiro atoms. The Bertz CT molecular complexity index is 329. The van der Waals surface area contributed by atoms with E-state index in [0.29, 0.717) is 16.8 Å². The first kappa shape index (κ1) is 9.59. The lowest BCUT2D eigenvalue weighted by Gasteiger charge is -2.03. The van der Waals surface area contributed by atoms with E-state index in [4.69, 9.17) is 11.5 Å². The summed E-state index contributed by atoms with van der Waals surface area (Å²) in [6.45, 7) is 0. The van der Waals surface area contributed by atoms with Crippen molar-refractivity contribution in [2.75, 3.05) is 17.3 Å². The second-order valence-electron chi connectivity index (χ2n) is 2.15. The van der Waals surface area contributed by atoms with E-state index in [0.717, 1.165) is 0 Å². The standard InChI is InChI=1S/C6H9N5OS/c1-13-6-9-3(7)2-4(11-6)10-5(8)12/h2H,1H3,(H5,7,8,9,10,11,12). The number of amides is 2. The molecule has 0 bridgehead atoms. The molecule has 7 heteroatoms. The Balaban J connectivity index is 2.94. The number of thioether (sulfide) groups is 1. The van der Waals surface area contributed by atoms with E-state index in [2.05, 4.69) is 15.3 Å². The van der Waals surface area contributed by atoms with Crippen LogP contribution in [0.5, 0.6) is 0 Å². The molecule has 0 saturated heterocycles. The van der Waals surface area contributed by atoms with Crippen LogP contribution >= 0.6 is 11.8 Å². The highest BCUT2D eigenvalue weighted by Gasteiger charge is 2.02. The molecule has 1 rings (SSSR count). The first-order valence-corrected chi connectivity index (χ1v) is 4.59. The van der Waals surface area contributed by atoms with Crippen molar-refractivity contribution in [2.24, 2.45) is 5.73 Å². The van der Waals surface area contributed by atoms with Crippen LogP contribution in [0.2, 0.25) is 0 Å². The molecule has 0 saturated carbocycles. The van der Waals surface area contributed by atoms with Gasteiger partial charge in [-0.15, -0.1) is 0 Å². The normalized spacial score (nSPS) is 9.62. The van der Waals surface area contributed by atoms with E-state index in [9.17, 15) is 4.79 Å². The maximum Gasteiger partial charge on any atom is 0.317 e. The van der Waals surface area contributed by atoms with E-state index in [1.54, 1.807) is 0 Å². The Morgan fingerprint density at radius 2 is 2.31 bits per heavy atom. The van der Waals surface area contributed by atoms with Crippen molar-refractivity contribution >= 4 is 29.4 Å². The zero-order chi connectivity index (χ0) is 9.84. The average molecular weight is 199 g/mol. The molecular weight excluding hydrogens is 190 g/mol. The summed E-state index contributed by atoms with van der Waals surface area (Å²) >= 11 is 1.33. The third-order valence-corrected chi connectivity index (χ3v) is 1.71. The van der Waals surface area contributed by atoms with Crippen molar-refractivity contribution in [1.82, 2.24) is 9.97 Å². The summed E-state index contributed by atoms with van der Waals surface area (Å²) < 4.78 is 0. The van der Waals surface area contributed by atoms with Crippen molar-refractivity contribution in [2.45, 2.75) is 5.16 Å². The van der Waals surface area contributed by atoms with E-state index < -0.39 is 6.03 Å². The Morgan fingerprint density at radius 3 is 2.85 bits per heavy atom. The smallest absolute Gasteiger partial charge is 0.317 e. The van der Waals surface area contributed by atoms with Gasteiger partial charge < -0.3 is 11.5 Å². The second-order valence-corrected chi connectivity index (χ2v) is 2.93. The summed E-state index contributed by atoms with van der Waals surface area (Å²) in [7, 11) is 0. The maximum absolute atomic E-state index is 10.5. The molecule has 1 aromatic heterocycles. The number of carbonyl (C=O) groups is 1. The van der Waals surface area contributed by atoms with Gasteiger partial charge in [-0.25, -0.2) is 14.8 Å². The predicted molar refractivity (Wildman–Crippen MR) is 51.4 cm³/mol. The number of nitrogens with two attached hydrogens (primary N) is 2. The van der Waals surface area contributed by atoms with Crippen LogP contribution in [0.25, 0.3) is 0 Å². The number of nitrogen functional groups attached to an aromatic ring is 1. The monoisotopic (exact) mass is 199 g/mol. The summed E-state index contributed by atoms with van der Waals surface area (Å²) in [4.78, 5) is 18.3. The summed E-state index contributed by atoms with van der Waals surface area (Å²) in [6, 6.07) is 0.759. The van der Waals surface area contributed by atoms with Gasteiger partial charge >= 0.3 is 6.03 Å². The van der Waals surface area contributed by atoms with Crippen LogP contribution < -0.4 is 16.8 Å². The van der Waals surface area contributed by atoms with Crippen LogP contribution in [0.4, 0.5) is 16.4 Å². The zero-order valence-electron chi connectivity index (χ0n) is 6.94. The van der Waals surface area contributed by atoms with Gasteiger partial charge in [0.05, 0.1) is 0 Å². The first-order chi connectivity index (χ1) is 6.11. The maximum atomic E-state index is 10.5. The van der Waals surface area contributed by atoms with Crippen molar-refractivity contribution in [1.29, 1.82) is 0 Å². The summed E-state index contributed by atoms with van der Waals surface area (Å²) in [5, 5.41) is 2.80. The molecule has 0 atom stereocenters. The molecule has 5 N–H and O–H groups in total. The molecule has 70 valence electrons. The highest BCUT2D eigenvalue weighted by atomic mass is 32.2. The number of carbonyl (C=O) groups excluding carboxylic acids is 1. The summed E-state index contributed by atoms with van der Waals surface area (Å²) in [6.07, 6.45) is 1.81. The molecule has 0 aliphatic rings. The summed E-state index contributed by atoms with van der Waals surface area (Å²) in [5.41, 5.74) is 10.4. The van der Waals surface area contributed by atoms with Crippen molar-refractivity contribution in [3.63, 3.8) is 0 Å². The number of urea groups is 1. The van der Waals surface area contributed by atoms with Crippen LogP contribution in [0, 0.1) is 0 Å². The molecule has 2 amide bonds. The number of primary amides is 1. The molecule has 1 heterocycles. The molecule has 13 heavy (non-hydrogen) atoms. The average Bonchev–Trinajstić information content (AvgIpc) is 2.01. The SMILES string of the molecule is CSc1nc(N)cc(NC(N)=O)n1. The van der Waals surface area contributed by atoms with E-state index in [1.807, 2.05) is 6.26 Å². The Hall–Kier alpha value is -1.50. The topological polar surface area (TPSA) is 107 Å². The molecule has 0 unspecified atom stereocenters. The van der Waals surface area contributed by atoms with Crippen LogP contribution in [0.3, 0.4) is 0 Å². The van der Waals surface area contributed by atoms with E-state index in [1.165, 1.54) is 17.8 Å². The molecule has 1 aromatic rings. The predicted octanol–water partition coefficient (Wildman–Crippen LogP) is 0.271. The van der Waals surface area contributed by atoms with E-state index in [-0.39, 0.29) is 0 Å². The lowest BCUT2D eigenvalue weighted by molar-refractivity contribution is 0.259. The molecule has 0 aliphatic heterocycles. The van der Waals surface area contributed by atoms with Crippen LogP contribution in [0.1, 0.15) is 0 Å². The minimum Gasteiger partial charge on any atom is -0.383 e. The van der Waals surface area contributed by atoms with Crippen LogP contribution in [0.15, 0.2) is 11.2 Å². The van der Waals surface area contributed by atoms with Gasteiger partial charge in [-0.3, -0.25) is 5.32 Å². The Morgan fingerprint density at radius 1 is 1.62 bits per heavy atom. The molecule has 0 fully saturated rings. The van der Waals surface area contributed by atoms with Gasteiger partial charge in [0.15, 0.2) is 5.16 Å². The Kier molecular flexibility index (Phi) is 2.91. The number of anilines is 2. The number of hydrogen-bond donors (Lipinski definition) is 3. The third-order valence-electron chi connectivity index (χ3n) is 1.16. The van der Waals surface area contributed by atoms with Crippen molar-refractivity contribution in [3.05, 3.63) is 6.07 Å².